The van der Waals surface area contributed by atoms with E-state index in [-0.39, 0.29) is 6.67 Å². The number of aliphatic hydroxyl groups is 1. The maximum atomic E-state index is 11.8. The van der Waals surface area contributed by atoms with Crippen LogP contribution >= 0.6 is 0 Å². The van der Waals surface area contributed by atoms with Gasteiger partial charge >= 0.3 is 0 Å². The van der Waals surface area contributed by atoms with Crippen LogP contribution in [-0.4, -0.2) is 18.4 Å². The van der Waals surface area contributed by atoms with Crippen LogP contribution in [0.25, 0.3) is 0 Å². The molecule has 0 bridgehead atoms. The van der Waals surface area contributed by atoms with Crippen molar-refractivity contribution in [2.45, 2.75) is 19.4 Å². The number of rotatable bonds is 5. The van der Waals surface area contributed by atoms with Crippen molar-refractivity contribution in [3.8, 4) is 5.75 Å². The first-order valence-corrected chi connectivity index (χ1v) is 4.71. The molecule has 14 heavy (non-hydrogen) atoms. The molecule has 0 aliphatic rings. The third kappa shape index (κ3) is 3.00. The summed E-state index contributed by atoms with van der Waals surface area (Å²) < 4.78 is 17.2. The molecule has 0 aliphatic heterocycles. The van der Waals surface area contributed by atoms with E-state index in [1.807, 2.05) is 12.1 Å². The number of hydrogen-bond donors (Lipinski definition) is 1. The van der Waals surface area contributed by atoms with Gasteiger partial charge in [0.1, 0.15) is 5.75 Å². The smallest absolute Gasteiger partial charge is 0.125 e. The first-order valence-electron chi connectivity index (χ1n) is 4.71. The van der Waals surface area contributed by atoms with E-state index < -0.39 is 6.10 Å². The Morgan fingerprint density at radius 3 is 2.79 bits per heavy atom. The monoisotopic (exact) mass is 198 g/mol. The number of aliphatic hydroxyl groups excluding tert-OH is 1. The lowest BCUT2D eigenvalue weighted by Crippen LogP contribution is -2.02. The third-order valence-corrected chi connectivity index (χ3v) is 1.90. The summed E-state index contributed by atoms with van der Waals surface area (Å²) >= 11 is 0. The molecule has 0 heterocycles. The van der Waals surface area contributed by atoms with Gasteiger partial charge in [-0.3, -0.25) is 4.39 Å². The van der Waals surface area contributed by atoms with Gasteiger partial charge in [-0.25, -0.2) is 0 Å². The number of ether oxygens (including phenoxy) is 1. The lowest BCUT2D eigenvalue weighted by molar-refractivity contribution is 0.190. The fraction of sp³-hybridized carbons (Fsp3) is 0.455. The molecule has 0 amide bonds. The second-order valence-electron chi connectivity index (χ2n) is 3.10. The van der Waals surface area contributed by atoms with Crippen LogP contribution in [0.3, 0.4) is 0 Å². The Morgan fingerprint density at radius 2 is 2.14 bits per heavy atom. The SMILES string of the molecule is C[C@@H](O)c1ccccc1OCCCF. The van der Waals surface area contributed by atoms with Crippen molar-refractivity contribution in [1.29, 1.82) is 0 Å². The van der Waals surface area contributed by atoms with Crippen LogP contribution in [0.2, 0.25) is 0 Å². The highest BCUT2D eigenvalue weighted by Gasteiger charge is 2.07. The summed E-state index contributed by atoms with van der Waals surface area (Å²) in [7, 11) is 0. The molecular formula is C11H15FO2. The highest BCUT2D eigenvalue weighted by molar-refractivity contribution is 5.34. The van der Waals surface area contributed by atoms with Crippen molar-refractivity contribution in [3.05, 3.63) is 29.8 Å². The lowest BCUT2D eigenvalue weighted by Gasteiger charge is -2.12. The zero-order chi connectivity index (χ0) is 10.4. The van der Waals surface area contributed by atoms with E-state index in [0.717, 1.165) is 5.56 Å². The normalized spacial score (nSPS) is 12.5. The maximum Gasteiger partial charge on any atom is 0.125 e. The number of halogens is 1. The number of alkyl halides is 1. The van der Waals surface area contributed by atoms with E-state index in [4.69, 9.17) is 4.74 Å². The van der Waals surface area contributed by atoms with Crippen molar-refractivity contribution in [2.75, 3.05) is 13.3 Å². The summed E-state index contributed by atoms with van der Waals surface area (Å²) in [5.41, 5.74) is 0.742. The molecule has 0 saturated carbocycles. The van der Waals surface area contributed by atoms with Gasteiger partial charge in [-0.15, -0.1) is 0 Å². The topological polar surface area (TPSA) is 29.5 Å². The standard InChI is InChI=1S/C11H15FO2/c1-9(13)10-5-2-3-6-11(10)14-8-4-7-12/h2-3,5-6,9,13H,4,7-8H2,1H3/t9-/m1/s1. The van der Waals surface area contributed by atoms with Crippen LogP contribution in [0.4, 0.5) is 4.39 Å². The summed E-state index contributed by atoms with van der Waals surface area (Å²) in [4.78, 5) is 0. The molecule has 1 aromatic carbocycles. The zero-order valence-electron chi connectivity index (χ0n) is 8.24. The van der Waals surface area contributed by atoms with Crippen LogP contribution < -0.4 is 4.74 Å². The molecule has 1 rings (SSSR count). The highest BCUT2D eigenvalue weighted by Crippen LogP contribution is 2.24. The van der Waals surface area contributed by atoms with Gasteiger partial charge in [-0.05, 0) is 13.0 Å². The van der Waals surface area contributed by atoms with E-state index in [9.17, 15) is 9.50 Å². The van der Waals surface area contributed by atoms with E-state index in [2.05, 4.69) is 0 Å². The molecule has 0 aliphatic carbocycles. The van der Waals surface area contributed by atoms with E-state index in [0.29, 0.717) is 18.8 Å². The summed E-state index contributed by atoms with van der Waals surface area (Å²) in [5, 5.41) is 9.41. The van der Waals surface area contributed by atoms with Gasteiger partial charge in [0.15, 0.2) is 0 Å². The Labute approximate surface area is 83.3 Å². The number of hydrogen-bond acceptors (Lipinski definition) is 2. The van der Waals surface area contributed by atoms with Crippen LogP contribution in [0.15, 0.2) is 24.3 Å². The van der Waals surface area contributed by atoms with Crippen molar-refractivity contribution in [1.82, 2.24) is 0 Å². The largest absolute Gasteiger partial charge is 0.493 e. The molecule has 0 spiro atoms. The predicted octanol–water partition coefficient (Wildman–Crippen LogP) is 2.48. The Kier molecular flexibility index (Phi) is 4.40. The van der Waals surface area contributed by atoms with Crippen molar-refractivity contribution in [2.24, 2.45) is 0 Å². The Bertz CT molecular complexity index is 274. The quantitative estimate of drug-likeness (QED) is 0.736. The van der Waals surface area contributed by atoms with Gasteiger partial charge in [0, 0.05) is 12.0 Å². The van der Waals surface area contributed by atoms with Crippen LogP contribution in [0, 0.1) is 0 Å². The maximum absolute atomic E-state index is 11.8. The lowest BCUT2D eigenvalue weighted by atomic mass is 10.1. The highest BCUT2D eigenvalue weighted by atomic mass is 19.1. The van der Waals surface area contributed by atoms with Gasteiger partial charge in [-0.2, -0.15) is 0 Å². The Morgan fingerprint density at radius 1 is 1.43 bits per heavy atom. The molecule has 0 unspecified atom stereocenters. The molecule has 78 valence electrons. The van der Waals surface area contributed by atoms with E-state index in [1.54, 1.807) is 19.1 Å². The minimum Gasteiger partial charge on any atom is -0.493 e. The Balaban J connectivity index is 2.64. The van der Waals surface area contributed by atoms with Crippen molar-refractivity contribution >= 4 is 0 Å². The predicted molar refractivity (Wildman–Crippen MR) is 53.2 cm³/mol. The number of para-hydroxylation sites is 1. The van der Waals surface area contributed by atoms with Gasteiger partial charge in [0.05, 0.1) is 19.4 Å². The first kappa shape index (κ1) is 11.0. The summed E-state index contributed by atoms with van der Waals surface area (Å²) in [6.45, 7) is 1.65. The van der Waals surface area contributed by atoms with Crippen LogP contribution in [0.1, 0.15) is 25.0 Å². The Hall–Kier alpha value is -1.09. The van der Waals surface area contributed by atoms with Crippen LogP contribution in [-0.2, 0) is 0 Å². The second kappa shape index (κ2) is 5.60. The van der Waals surface area contributed by atoms with Gasteiger partial charge in [-0.1, -0.05) is 18.2 Å². The molecule has 0 fully saturated rings. The molecule has 0 saturated heterocycles. The molecule has 1 aromatic rings. The zero-order valence-corrected chi connectivity index (χ0v) is 8.24. The minimum atomic E-state index is -0.559. The van der Waals surface area contributed by atoms with Gasteiger partial charge in [0.2, 0.25) is 0 Å². The second-order valence-corrected chi connectivity index (χ2v) is 3.10. The molecule has 3 heteroatoms. The summed E-state index contributed by atoms with van der Waals surface area (Å²) in [6.07, 6.45) is -0.176. The van der Waals surface area contributed by atoms with Crippen molar-refractivity contribution < 1.29 is 14.2 Å². The van der Waals surface area contributed by atoms with E-state index in [1.165, 1.54) is 0 Å². The molecule has 0 radical (unpaired) electrons. The molecular weight excluding hydrogens is 183 g/mol. The van der Waals surface area contributed by atoms with Gasteiger partial charge in [0.25, 0.3) is 0 Å². The first-order chi connectivity index (χ1) is 6.75. The van der Waals surface area contributed by atoms with Crippen molar-refractivity contribution in [3.63, 3.8) is 0 Å². The molecule has 0 aromatic heterocycles. The minimum absolute atomic E-state index is 0.347. The number of benzene rings is 1. The average molecular weight is 198 g/mol. The summed E-state index contributed by atoms with van der Waals surface area (Å²) in [6, 6.07) is 7.25. The molecule has 1 atom stereocenters. The van der Waals surface area contributed by atoms with Gasteiger partial charge < -0.3 is 9.84 Å². The van der Waals surface area contributed by atoms with E-state index >= 15 is 0 Å². The van der Waals surface area contributed by atoms with Crippen LogP contribution in [0.5, 0.6) is 5.75 Å². The average Bonchev–Trinajstić information content (AvgIpc) is 2.19. The summed E-state index contributed by atoms with van der Waals surface area (Å²) in [5.74, 6) is 0.635. The molecule has 2 nitrogen and oxygen atoms in total. The fourth-order valence-corrected chi connectivity index (χ4v) is 1.19. The fourth-order valence-electron chi connectivity index (χ4n) is 1.19. The third-order valence-electron chi connectivity index (χ3n) is 1.90. The molecule has 1 N–H and O–H groups in total.